The molecule has 0 bridgehead atoms. The molecule has 0 unspecified atom stereocenters. The Morgan fingerprint density at radius 2 is 2.00 bits per heavy atom. The van der Waals surface area contributed by atoms with Gasteiger partial charge in [0.15, 0.2) is 0 Å². The van der Waals surface area contributed by atoms with E-state index in [1.54, 1.807) is 0 Å². The zero-order valence-electron chi connectivity index (χ0n) is 13.7. The second kappa shape index (κ2) is 5.96. The third-order valence-corrected chi connectivity index (χ3v) is 5.09. The number of amides is 1. The van der Waals surface area contributed by atoms with Crippen LogP contribution >= 0.6 is 0 Å². The lowest BCUT2D eigenvalue weighted by molar-refractivity contribution is -0.125. The molecule has 2 aliphatic rings. The summed E-state index contributed by atoms with van der Waals surface area (Å²) in [5.74, 6) is 0.590. The van der Waals surface area contributed by atoms with E-state index < -0.39 is 5.54 Å². The van der Waals surface area contributed by atoms with Crippen LogP contribution in [0.4, 0.5) is 0 Å². The van der Waals surface area contributed by atoms with Crippen LogP contribution in [-0.2, 0) is 9.53 Å². The predicted molar refractivity (Wildman–Crippen MR) is 81.4 cm³/mol. The molecule has 2 atom stereocenters. The second-order valence-electron chi connectivity index (χ2n) is 7.66. The average Bonchev–Trinajstić information content (AvgIpc) is 3.18. The van der Waals surface area contributed by atoms with E-state index in [4.69, 9.17) is 4.74 Å². The zero-order chi connectivity index (χ0) is 15.7. The van der Waals surface area contributed by atoms with Gasteiger partial charge in [-0.15, -0.1) is 0 Å². The van der Waals surface area contributed by atoms with Gasteiger partial charge in [0.1, 0.15) is 5.54 Å². The van der Waals surface area contributed by atoms with Crippen molar-refractivity contribution >= 4 is 5.91 Å². The Hall–Kier alpha value is -1.08. The minimum absolute atomic E-state index is 0.00390. The van der Waals surface area contributed by atoms with Crippen molar-refractivity contribution in [1.82, 2.24) is 5.32 Å². The molecule has 0 aromatic carbocycles. The highest BCUT2D eigenvalue weighted by Crippen LogP contribution is 2.42. The Morgan fingerprint density at radius 1 is 1.38 bits per heavy atom. The lowest BCUT2D eigenvalue weighted by Crippen LogP contribution is -2.51. The fourth-order valence-electron chi connectivity index (χ4n) is 3.42. The summed E-state index contributed by atoms with van der Waals surface area (Å²) >= 11 is 0. The molecule has 4 heteroatoms. The van der Waals surface area contributed by atoms with Gasteiger partial charge in [-0.3, -0.25) is 4.79 Å². The van der Waals surface area contributed by atoms with Gasteiger partial charge in [0.2, 0.25) is 5.91 Å². The van der Waals surface area contributed by atoms with Crippen LogP contribution in [0.3, 0.4) is 0 Å². The maximum absolute atomic E-state index is 12.3. The van der Waals surface area contributed by atoms with E-state index in [-0.39, 0.29) is 23.3 Å². The van der Waals surface area contributed by atoms with Crippen molar-refractivity contribution in [3.63, 3.8) is 0 Å². The number of hydrogen-bond donors (Lipinski definition) is 1. The molecule has 118 valence electrons. The van der Waals surface area contributed by atoms with E-state index in [9.17, 15) is 10.1 Å². The molecule has 4 nitrogen and oxygen atoms in total. The summed E-state index contributed by atoms with van der Waals surface area (Å²) in [6, 6.07) is 2.38. The predicted octanol–water partition coefficient (Wildman–Crippen LogP) is 3.03. The number of rotatable bonds is 4. The lowest BCUT2D eigenvalue weighted by Gasteiger charge is -2.41. The van der Waals surface area contributed by atoms with Crippen molar-refractivity contribution < 1.29 is 9.53 Å². The molecule has 0 radical (unpaired) electrons. The Kier molecular flexibility index (Phi) is 4.63. The summed E-state index contributed by atoms with van der Waals surface area (Å²) in [5, 5.41) is 12.6. The van der Waals surface area contributed by atoms with Crippen LogP contribution in [0, 0.1) is 28.6 Å². The minimum Gasteiger partial charge on any atom is -0.378 e. The molecule has 2 fully saturated rings. The first-order chi connectivity index (χ1) is 9.81. The SMILES string of the molecule is CCO[C@@H]1C[C@H]1C(=O)NC1(C#N)CCC(C(C)(C)C)CC1. The van der Waals surface area contributed by atoms with Crippen molar-refractivity contribution in [2.24, 2.45) is 17.3 Å². The van der Waals surface area contributed by atoms with Gasteiger partial charge in [-0.25, -0.2) is 0 Å². The maximum atomic E-state index is 12.3. The summed E-state index contributed by atoms with van der Waals surface area (Å²) in [5.41, 5.74) is -0.375. The van der Waals surface area contributed by atoms with Crippen molar-refractivity contribution in [2.45, 2.75) is 71.4 Å². The van der Waals surface area contributed by atoms with Gasteiger partial charge in [0.25, 0.3) is 0 Å². The monoisotopic (exact) mass is 292 g/mol. The summed E-state index contributed by atoms with van der Waals surface area (Å²) in [6.07, 6.45) is 4.42. The molecule has 2 saturated carbocycles. The van der Waals surface area contributed by atoms with Gasteiger partial charge < -0.3 is 10.1 Å². The first-order valence-electron chi connectivity index (χ1n) is 8.16. The Balaban J connectivity index is 1.90. The third kappa shape index (κ3) is 3.77. The molecule has 1 N–H and O–H groups in total. The van der Waals surface area contributed by atoms with Gasteiger partial charge in [-0.05, 0) is 50.4 Å². The van der Waals surface area contributed by atoms with Crippen molar-refractivity contribution in [1.29, 1.82) is 5.26 Å². The fourth-order valence-corrected chi connectivity index (χ4v) is 3.42. The highest BCUT2D eigenvalue weighted by Gasteiger charge is 2.47. The van der Waals surface area contributed by atoms with Crippen LogP contribution in [0.25, 0.3) is 0 Å². The smallest absolute Gasteiger partial charge is 0.227 e. The molecule has 0 aromatic rings. The summed E-state index contributed by atoms with van der Waals surface area (Å²) in [7, 11) is 0. The number of hydrogen-bond acceptors (Lipinski definition) is 3. The van der Waals surface area contributed by atoms with E-state index in [0.29, 0.717) is 12.5 Å². The molecule has 0 saturated heterocycles. The van der Waals surface area contributed by atoms with Crippen molar-refractivity contribution in [3.8, 4) is 6.07 Å². The molecule has 0 aromatic heterocycles. The summed E-state index contributed by atoms with van der Waals surface area (Å²) in [4.78, 5) is 12.3. The second-order valence-corrected chi connectivity index (χ2v) is 7.66. The zero-order valence-corrected chi connectivity index (χ0v) is 13.7. The fraction of sp³-hybridized carbons (Fsp3) is 0.882. The van der Waals surface area contributed by atoms with E-state index in [1.165, 1.54) is 0 Å². The molecule has 2 aliphatic carbocycles. The first-order valence-corrected chi connectivity index (χ1v) is 8.16. The lowest BCUT2D eigenvalue weighted by atomic mass is 9.67. The number of carbonyl (C=O) groups is 1. The minimum atomic E-state index is -0.655. The third-order valence-electron chi connectivity index (χ3n) is 5.09. The maximum Gasteiger partial charge on any atom is 0.227 e. The average molecular weight is 292 g/mol. The van der Waals surface area contributed by atoms with Crippen LogP contribution in [0.15, 0.2) is 0 Å². The normalized spacial score (nSPS) is 35.9. The van der Waals surface area contributed by atoms with E-state index in [1.807, 2.05) is 6.92 Å². The van der Waals surface area contributed by atoms with Gasteiger partial charge in [-0.1, -0.05) is 20.8 Å². The van der Waals surface area contributed by atoms with Crippen molar-refractivity contribution in [3.05, 3.63) is 0 Å². The van der Waals surface area contributed by atoms with E-state index in [0.717, 1.165) is 32.1 Å². The number of carbonyl (C=O) groups excluding carboxylic acids is 1. The standard InChI is InChI=1S/C17H28N2O2/c1-5-21-14-10-13(14)15(20)19-17(11-18)8-6-12(7-9-17)16(2,3)4/h12-14H,5-10H2,1-4H3,(H,19,20)/t12?,13-,14-,17?/m1/s1. The van der Waals surface area contributed by atoms with Gasteiger partial charge >= 0.3 is 0 Å². The molecular formula is C17H28N2O2. The van der Waals surface area contributed by atoms with Crippen LogP contribution in [0.2, 0.25) is 0 Å². The van der Waals surface area contributed by atoms with Crippen molar-refractivity contribution in [2.75, 3.05) is 6.61 Å². The molecule has 0 aliphatic heterocycles. The van der Waals surface area contributed by atoms with E-state index in [2.05, 4.69) is 32.2 Å². The highest BCUT2D eigenvalue weighted by molar-refractivity contribution is 5.83. The number of nitriles is 1. The summed E-state index contributed by atoms with van der Waals surface area (Å²) in [6.45, 7) is 9.36. The molecule has 2 rings (SSSR count). The number of nitrogens with zero attached hydrogens (tertiary/aromatic N) is 1. The van der Waals surface area contributed by atoms with Crippen LogP contribution < -0.4 is 5.32 Å². The Bertz CT molecular complexity index is 425. The van der Waals surface area contributed by atoms with Gasteiger partial charge in [0, 0.05) is 6.61 Å². The molecular weight excluding hydrogens is 264 g/mol. The largest absolute Gasteiger partial charge is 0.378 e. The molecule has 21 heavy (non-hydrogen) atoms. The Labute approximate surface area is 128 Å². The van der Waals surface area contributed by atoms with Crippen LogP contribution in [0.5, 0.6) is 0 Å². The van der Waals surface area contributed by atoms with Crippen LogP contribution in [0.1, 0.15) is 59.8 Å². The van der Waals surface area contributed by atoms with Crippen LogP contribution in [-0.4, -0.2) is 24.2 Å². The quantitative estimate of drug-likeness (QED) is 0.866. The molecule has 1 amide bonds. The van der Waals surface area contributed by atoms with Gasteiger partial charge in [0.05, 0.1) is 18.1 Å². The molecule has 0 spiro atoms. The highest BCUT2D eigenvalue weighted by atomic mass is 16.5. The topological polar surface area (TPSA) is 62.1 Å². The molecule has 0 heterocycles. The van der Waals surface area contributed by atoms with E-state index >= 15 is 0 Å². The first kappa shape index (κ1) is 16.3. The number of nitrogens with one attached hydrogen (secondary N) is 1. The number of ether oxygens (including phenoxy) is 1. The summed E-state index contributed by atoms with van der Waals surface area (Å²) < 4.78 is 5.46. The van der Waals surface area contributed by atoms with Gasteiger partial charge in [-0.2, -0.15) is 5.26 Å². The Morgan fingerprint density at radius 3 is 2.48 bits per heavy atom.